The quantitative estimate of drug-likeness (QED) is 0.617. The summed E-state index contributed by atoms with van der Waals surface area (Å²) in [6.45, 7) is 0. The summed E-state index contributed by atoms with van der Waals surface area (Å²) in [6, 6.07) is 6.95. The lowest BCUT2D eigenvalue weighted by molar-refractivity contribution is 0.104. The molecule has 1 aromatic carbocycles. The van der Waals surface area contributed by atoms with E-state index in [1.54, 1.807) is 18.2 Å². The lowest BCUT2D eigenvalue weighted by Gasteiger charge is -2.14. The molecule has 0 fully saturated rings. The number of carbonyl (C=O) groups excluding carboxylic acids is 1. The van der Waals surface area contributed by atoms with E-state index in [0.29, 0.717) is 26.2 Å². The molecule has 122 valence electrons. The predicted molar refractivity (Wildman–Crippen MR) is 101 cm³/mol. The number of aryl methyl sites for hydroxylation is 2. The Morgan fingerprint density at radius 2 is 1.96 bits per heavy atom. The van der Waals surface area contributed by atoms with Gasteiger partial charge >= 0.3 is 0 Å². The van der Waals surface area contributed by atoms with Gasteiger partial charge in [-0.25, -0.2) is 4.98 Å². The highest BCUT2D eigenvalue weighted by atomic mass is 35.5. The van der Waals surface area contributed by atoms with Crippen molar-refractivity contribution in [3.8, 4) is 0 Å². The van der Waals surface area contributed by atoms with Crippen molar-refractivity contribution in [2.24, 2.45) is 0 Å². The maximum Gasteiger partial charge on any atom is 0.206 e. The van der Waals surface area contributed by atoms with Crippen LogP contribution in [0, 0.1) is 0 Å². The van der Waals surface area contributed by atoms with Crippen molar-refractivity contribution in [2.45, 2.75) is 25.7 Å². The van der Waals surface area contributed by atoms with Crippen molar-refractivity contribution in [3.63, 3.8) is 0 Å². The van der Waals surface area contributed by atoms with Crippen molar-refractivity contribution in [1.82, 2.24) is 4.98 Å². The summed E-state index contributed by atoms with van der Waals surface area (Å²) < 4.78 is 0. The normalized spacial score (nSPS) is 13.9. The number of nitrogens with zero attached hydrogens (tertiary/aromatic N) is 1. The van der Waals surface area contributed by atoms with Gasteiger partial charge in [0.15, 0.2) is 0 Å². The number of carbonyl (C=O) groups is 1. The number of anilines is 1. The number of nitrogen functional groups attached to an aromatic ring is 1. The average molecular weight is 377 g/mol. The summed E-state index contributed by atoms with van der Waals surface area (Å²) in [6.07, 6.45) is 4.36. The first-order chi connectivity index (χ1) is 11.5. The van der Waals surface area contributed by atoms with Gasteiger partial charge in [-0.3, -0.25) is 4.79 Å². The number of hydrogen-bond acceptors (Lipinski definition) is 4. The lowest BCUT2D eigenvalue weighted by atomic mass is 9.95. The third-order valence-electron chi connectivity index (χ3n) is 4.38. The van der Waals surface area contributed by atoms with Crippen LogP contribution in [0.4, 0.5) is 5.69 Å². The zero-order chi connectivity index (χ0) is 16.8. The monoisotopic (exact) mass is 376 g/mol. The van der Waals surface area contributed by atoms with E-state index in [4.69, 9.17) is 33.9 Å². The third kappa shape index (κ3) is 2.59. The minimum absolute atomic E-state index is 0.207. The van der Waals surface area contributed by atoms with Crippen LogP contribution in [-0.4, -0.2) is 10.8 Å². The maximum atomic E-state index is 12.9. The Morgan fingerprint density at radius 3 is 2.79 bits per heavy atom. The summed E-state index contributed by atoms with van der Waals surface area (Å²) >= 11 is 13.5. The third-order valence-corrected chi connectivity index (χ3v) is 6.06. The molecule has 0 radical (unpaired) electrons. The van der Waals surface area contributed by atoms with E-state index in [9.17, 15) is 4.79 Å². The zero-order valence-corrected chi connectivity index (χ0v) is 15.1. The van der Waals surface area contributed by atoms with Crippen LogP contribution in [0.5, 0.6) is 0 Å². The smallest absolute Gasteiger partial charge is 0.206 e. The fourth-order valence-electron chi connectivity index (χ4n) is 3.12. The van der Waals surface area contributed by atoms with Gasteiger partial charge in [0, 0.05) is 21.7 Å². The molecule has 3 nitrogen and oxygen atoms in total. The fraction of sp³-hybridized carbons (Fsp3) is 0.222. The van der Waals surface area contributed by atoms with Crippen LogP contribution >= 0.6 is 34.5 Å². The van der Waals surface area contributed by atoms with Gasteiger partial charge in [-0.1, -0.05) is 23.2 Å². The Hall–Kier alpha value is -1.62. The standard InChI is InChI=1S/C18H14Cl2N2OS/c19-10-5-6-13(20)11(8-10)16(23)17-15(21)12-7-9-3-1-2-4-14(9)22-18(12)24-17/h5-8H,1-4,21H2. The minimum Gasteiger partial charge on any atom is -0.397 e. The number of hydrogen-bond donors (Lipinski definition) is 1. The number of benzene rings is 1. The van der Waals surface area contributed by atoms with Crippen LogP contribution in [0.1, 0.15) is 39.3 Å². The molecule has 0 amide bonds. The van der Waals surface area contributed by atoms with E-state index in [1.807, 2.05) is 0 Å². The Kier molecular flexibility index (Phi) is 3.99. The number of rotatable bonds is 2. The second kappa shape index (κ2) is 6.03. The SMILES string of the molecule is Nc1c(C(=O)c2cc(Cl)ccc2Cl)sc2nc3c(cc12)CCCC3. The van der Waals surface area contributed by atoms with Gasteiger partial charge in [0.1, 0.15) is 9.71 Å². The van der Waals surface area contributed by atoms with Gasteiger partial charge in [0.25, 0.3) is 0 Å². The van der Waals surface area contributed by atoms with E-state index >= 15 is 0 Å². The molecule has 0 atom stereocenters. The summed E-state index contributed by atoms with van der Waals surface area (Å²) in [5, 5.41) is 1.70. The highest BCUT2D eigenvalue weighted by molar-refractivity contribution is 7.21. The summed E-state index contributed by atoms with van der Waals surface area (Å²) in [7, 11) is 0. The predicted octanol–water partition coefficient (Wildman–Crippen LogP) is 5.30. The van der Waals surface area contributed by atoms with Crippen LogP contribution in [-0.2, 0) is 12.8 Å². The van der Waals surface area contributed by atoms with Crippen molar-refractivity contribution >= 4 is 56.2 Å². The van der Waals surface area contributed by atoms with Crippen molar-refractivity contribution < 1.29 is 4.79 Å². The van der Waals surface area contributed by atoms with Gasteiger partial charge in [0.2, 0.25) is 5.78 Å². The molecule has 0 aliphatic heterocycles. The minimum atomic E-state index is -0.207. The number of fused-ring (bicyclic) bond motifs is 2. The fourth-order valence-corrected chi connectivity index (χ4v) is 4.55. The topological polar surface area (TPSA) is 56.0 Å². The van der Waals surface area contributed by atoms with Gasteiger partial charge in [0.05, 0.1) is 10.7 Å². The number of aromatic nitrogens is 1. The van der Waals surface area contributed by atoms with Gasteiger partial charge in [-0.15, -0.1) is 11.3 Å². The second-order valence-electron chi connectivity index (χ2n) is 5.95. The van der Waals surface area contributed by atoms with Crippen LogP contribution < -0.4 is 5.73 Å². The Labute approximate surface area is 153 Å². The molecule has 2 heterocycles. The molecule has 2 N–H and O–H groups in total. The largest absolute Gasteiger partial charge is 0.397 e. The van der Waals surface area contributed by atoms with Crippen molar-refractivity contribution in [3.05, 3.63) is 56.0 Å². The highest BCUT2D eigenvalue weighted by Crippen LogP contribution is 2.37. The lowest BCUT2D eigenvalue weighted by Crippen LogP contribution is -2.05. The molecule has 1 aliphatic carbocycles. The molecule has 0 saturated carbocycles. The molecule has 6 heteroatoms. The van der Waals surface area contributed by atoms with Crippen LogP contribution in [0.25, 0.3) is 10.2 Å². The molecule has 4 rings (SSSR count). The van der Waals surface area contributed by atoms with Gasteiger partial charge in [-0.05, 0) is 55.5 Å². The Bertz CT molecular complexity index is 981. The molecule has 0 unspecified atom stereocenters. The molecule has 24 heavy (non-hydrogen) atoms. The number of ketones is 1. The molecule has 3 aromatic rings. The van der Waals surface area contributed by atoms with Crippen LogP contribution in [0.2, 0.25) is 10.0 Å². The van der Waals surface area contributed by atoms with Crippen LogP contribution in [0.15, 0.2) is 24.3 Å². The molecule has 0 saturated heterocycles. The number of thiophene rings is 1. The van der Waals surface area contributed by atoms with Gasteiger partial charge < -0.3 is 5.73 Å². The molecule has 2 aromatic heterocycles. The molecule has 1 aliphatic rings. The summed E-state index contributed by atoms with van der Waals surface area (Å²) in [5.41, 5.74) is 9.51. The Balaban J connectivity index is 1.86. The Morgan fingerprint density at radius 1 is 1.17 bits per heavy atom. The summed E-state index contributed by atoms with van der Waals surface area (Å²) in [5.74, 6) is -0.207. The van der Waals surface area contributed by atoms with Crippen molar-refractivity contribution in [1.29, 1.82) is 0 Å². The highest BCUT2D eigenvalue weighted by Gasteiger charge is 2.22. The van der Waals surface area contributed by atoms with Crippen molar-refractivity contribution in [2.75, 3.05) is 5.73 Å². The van der Waals surface area contributed by atoms with E-state index < -0.39 is 0 Å². The first-order valence-electron chi connectivity index (χ1n) is 7.75. The molecular weight excluding hydrogens is 363 g/mol. The second-order valence-corrected chi connectivity index (χ2v) is 7.79. The first-order valence-corrected chi connectivity index (χ1v) is 9.32. The zero-order valence-electron chi connectivity index (χ0n) is 12.7. The molecular formula is C18H14Cl2N2OS. The number of nitrogens with two attached hydrogens (primary N) is 1. The van der Waals surface area contributed by atoms with E-state index in [-0.39, 0.29) is 5.78 Å². The van der Waals surface area contributed by atoms with E-state index in [1.165, 1.54) is 23.3 Å². The maximum absolute atomic E-state index is 12.9. The van der Waals surface area contributed by atoms with E-state index in [2.05, 4.69) is 6.07 Å². The average Bonchev–Trinajstić information content (AvgIpc) is 2.90. The number of halogens is 2. The first kappa shape index (κ1) is 15.9. The molecule has 0 spiro atoms. The number of pyridine rings is 1. The van der Waals surface area contributed by atoms with Gasteiger partial charge in [-0.2, -0.15) is 0 Å². The van der Waals surface area contributed by atoms with Crippen LogP contribution in [0.3, 0.4) is 0 Å². The molecule has 0 bridgehead atoms. The van der Waals surface area contributed by atoms with E-state index in [0.717, 1.165) is 35.2 Å². The summed E-state index contributed by atoms with van der Waals surface area (Å²) in [4.78, 5) is 18.9.